The van der Waals surface area contributed by atoms with E-state index in [0.29, 0.717) is 0 Å². The molecule has 96 valence electrons. The van der Waals surface area contributed by atoms with Crippen LogP contribution in [0.15, 0.2) is 30.3 Å². The van der Waals surface area contributed by atoms with Crippen LogP contribution in [0.2, 0.25) is 5.02 Å². The zero-order valence-electron chi connectivity index (χ0n) is 10.8. The maximum Gasteiger partial charge on any atom is 0.0860 e. The Labute approximate surface area is 113 Å². The van der Waals surface area contributed by atoms with Crippen molar-refractivity contribution in [3.63, 3.8) is 0 Å². The van der Waals surface area contributed by atoms with Gasteiger partial charge in [0.1, 0.15) is 0 Å². The first-order chi connectivity index (χ1) is 8.68. The van der Waals surface area contributed by atoms with Crippen LogP contribution >= 0.6 is 11.6 Å². The van der Waals surface area contributed by atoms with E-state index >= 15 is 0 Å². The van der Waals surface area contributed by atoms with E-state index in [1.807, 2.05) is 24.7 Å². The SMILES string of the molecule is Cc1nn(C)c(CNCCc2ccccc2)c1Cl. The highest BCUT2D eigenvalue weighted by Crippen LogP contribution is 2.18. The second-order valence-electron chi connectivity index (χ2n) is 4.38. The third-order valence-electron chi connectivity index (χ3n) is 2.99. The average Bonchev–Trinajstić information content (AvgIpc) is 2.61. The van der Waals surface area contributed by atoms with Crippen LogP contribution in [0.4, 0.5) is 0 Å². The van der Waals surface area contributed by atoms with Gasteiger partial charge in [-0.2, -0.15) is 5.10 Å². The number of nitrogens with one attached hydrogen (secondary N) is 1. The van der Waals surface area contributed by atoms with Gasteiger partial charge in [0, 0.05) is 13.6 Å². The van der Waals surface area contributed by atoms with Gasteiger partial charge in [-0.1, -0.05) is 41.9 Å². The molecule has 1 aromatic carbocycles. The second-order valence-corrected chi connectivity index (χ2v) is 4.76. The molecule has 1 heterocycles. The molecule has 0 radical (unpaired) electrons. The maximum absolute atomic E-state index is 6.19. The molecule has 1 N–H and O–H groups in total. The van der Waals surface area contributed by atoms with Crippen molar-refractivity contribution >= 4 is 11.6 Å². The molecule has 0 saturated carbocycles. The van der Waals surface area contributed by atoms with E-state index in [-0.39, 0.29) is 0 Å². The molecule has 0 aliphatic rings. The van der Waals surface area contributed by atoms with E-state index in [9.17, 15) is 0 Å². The first-order valence-corrected chi connectivity index (χ1v) is 6.49. The molecular weight excluding hydrogens is 246 g/mol. The van der Waals surface area contributed by atoms with Crippen molar-refractivity contribution in [2.45, 2.75) is 19.9 Å². The van der Waals surface area contributed by atoms with Crippen molar-refractivity contribution in [3.05, 3.63) is 52.3 Å². The summed E-state index contributed by atoms with van der Waals surface area (Å²) in [6.45, 7) is 3.61. The molecule has 0 saturated heterocycles. The molecule has 2 aromatic rings. The monoisotopic (exact) mass is 263 g/mol. The molecule has 0 aliphatic heterocycles. The quantitative estimate of drug-likeness (QED) is 0.841. The average molecular weight is 264 g/mol. The number of rotatable bonds is 5. The summed E-state index contributed by atoms with van der Waals surface area (Å²) in [6, 6.07) is 10.5. The maximum atomic E-state index is 6.19. The van der Waals surface area contributed by atoms with Crippen LogP contribution in [0.5, 0.6) is 0 Å². The Balaban J connectivity index is 1.82. The Morgan fingerprint density at radius 2 is 2.00 bits per heavy atom. The van der Waals surface area contributed by atoms with Gasteiger partial charge < -0.3 is 5.32 Å². The summed E-state index contributed by atoms with van der Waals surface area (Å²) in [5.74, 6) is 0. The minimum Gasteiger partial charge on any atom is -0.311 e. The van der Waals surface area contributed by atoms with E-state index in [0.717, 1.165) is 35.9 Å². The van der Waals surface area contributed by atoms with E-state index in [2.05, 4.69) is 34.7 Å². The van der Waals surface area contributed by atoms with Crippen molar-refractivity contribution in [1.82, 2.24) is 15.1 Å². The van der Waals surface area contributed by atoms with Crippen LogP contribution in [-0.4, -0.2) is 16.3 Å². The van der Waals surface area contributed by atoms with Crippen LogP contribution in [-0.2, 0) is 20.0 Å². The minimum atomic E-state index is 0.753. The molecule has 0 amide bonds. The summed E-state index contributed by atoms with van der Waals surface area (Å²) in [6.07, 6.45) is 1.02. The van der Waals surface area contributed by atoms with Crippen LogP contribution in [0.25, 0.3) is 0 Å². The summed E-state index contributed by atoms with van der Waals surface area (Å²) in [7, 11) is 1.92. The molecule has 0 fully saturated rings. The number of halogens is 1. The predicted molar refractivity (Wildman–Crippen MR) is 74.8 cm³/mol. The fourth-order valence-corrected chi connectivity index (χ4v) is 2.18. The third-order valence-corrected chi connectivity index (χ3v) is 3.48. The van der Waals surface area contributed by atoms with Gasteiger partial charge in [0.25, 0.3) is 0 Å². The molecule has 18 heavy (non-hydrogen) atoms. The van der Waals surface area contributed by atoms with E-state index in [4.69, 9.17) is 11.6 Å². The third kappa shape index (κ3) is 3.12. The second kappa shape index (κ2) is 6.03. The number of nitrogens with zero attached hydrogens (tertiary/aromatic N) is 2. The van der Waals surface area contributed by atoms with Gasteiger partial charge in [0.05, 0.1) is 16.4 Å². The molecule has 0 unspecified atom stereocenters. The summed E-state index contributed by atoms with van der Waals surface area (Å²) < 4.78 is 1.84. The highest BCUT2D eigenvalue weighted by Gasteiger charge is 2.09. The number of benzene rings is 1. The molecule has 0 atom stereocenters. The molecule has 0 bridgehead atoms. The number of aryl methyl sites for hydroxylation is 2. The normalized spacial score (nSPS) is 10.8. The van der Waals surface area contributed by atoms with Gasteiger partial charge in [0.15, 0.2) is 0 Å². The molecule has 0 aliphatic carbocycles. The lowest BCUT2D eigenvalue weighted by atomic mass is 10.1. The Morgan fingerprint density at radius 1 is 1.28 bits per heavy atom. The lowest BCUT2D eigenvalue weighted by Crippen LogP contribution is -2.18. The molecular formula is C14H18ClN3. The smallest absolute Gasteiger partial charge is 0.0860 e. The Morgan fingerprint density at radius 3 is 2.61 bits per heavy atom. The van der Waals surface area contributed by atoms with Crippen molar-refractivity contribution < 1.29 is 0 Å². The van der Waals surface area contributed by atoms with Crippen LogP contribution < -0.4 is 5.32 Å². The Kier molecular flexibility index (Phi) is 4.39. The highest BCUT2D eigenvalue weighted by molar-refractivity contribution is 6.31. The fourth-order valence-electron chi connectivity index (χ4n) is 1.96. The Bertz CT molecular complexity index is 505. The van der Waals surface area contributed by atoms with Gasteiger partial charge in [-0.3, -0.25) is 4.68 Å². The zero-order chi connectivity index (χ0) is 13.0. The van der Waals surface area contributed by atoms with Crippen molar-refractivity contribution in [2.75, 3.05) is 6.54 Å². The van der Waals surface area contributed by atoms with E-state index in [1.165, 1.54) is 5.56 Å². The van der Waals surface area contributed by atoms with Gasteiger partial charge in [-0.25, -0.2) is 0 Å². The van der Waals surface area contributed by atoms with E-state index in [1.54, 1.807) is 0 Å². The largest absolute Gasteiger partial charge is 0.311 e. The van der Waals surface area contributed by atoms with Gasteiger partial charge >= 0.3 is 0 Å². The standard InChI is InChI=1S/C14H18ClN3/c1-11-14(15)13(18(2)17-11)10-16-9-8-12-6-4-3-5-7-12/h3-7,16H,8-10H2,1-2H3. The fraction of sp³-hybridized carbons (Fsp3) is 0.357. The predicted octanol–water partition coefficient (Wildman–Crippen LogP) is 2.71. The number of hydrogen-bond donors (Lipinski definition) is 1. The summed E-state index contributed by atoms with van der Waals surface area (Å²) >= 11 is 6.19. The number of aromatic nitrogens is 2. The lowest BCUT2D eigenvalue weighted by Gasteiger charge is -2.06. The molecule has 0 spiro atoms. The molecule has 1 aromatic heterocycles. The van der Waals surface area contributed by atoms with Gasteiger partial charge in [-0.05, 0) is 25.5 Å². The van der Waals surface area contributed by atoms with Crippen LogP contribution in [0.3, 0.4) is 0 Å². The first kappa shape index (κ1) is 13.1. The zero-order valence-corrected chi connectivity index (χ0v) is 11.5. The van der Waals surface area contributed by atoms with Gasteiger partial charge in [-0.15, -0.1) is 0 Å². The summed E-state index contributed by atoms with van der Waals surface area (Å²) in [4.78, 5) is 0. The topological polar surface area (TPSA) is 29.9 Å². The lowest BCUT2D eigenvalue weighted by molar-refractivity contribution is 0.624. The minimum absolute atomic E-state index is 0.753. The molecule has 4 heteroatoms. The van der Waals surface area contributed by atoms with Gasteiger partial charge in [0.2, 0.25) is 0 Å². The molecule has 2 rings (SSSR count). The van der Waals surface area contributed by atoms with Crippen molar-refractivity contribution in [2.24, 2.45) is 7.05 Å². The number of hydrogen-bond acceptors (Lipinski definition) is 2. The van der Waals surface area contributed by atoms with Crippen molar-refractivity contribution in [3.8, 4) is 0 Å². The van der Waals surface area contributed by atoms with E-state index < -0.39 is 0 Å². The molecule has 3 nitrogen and oxygen atoms in total. The van der Waals surface area contributed by atoms with Crippen LogP contribution in [0, 0.1) is 6.92 Å². The van der Waals surface area contributed by atoms with Crippen molar-refractivity contribution in [1.29, 1.82) is 0 Å². The Hall–Kier alpha value is -1.32. The van der Waals surface area contributed by atoms with Crippen LogP contribution in [0.1, 0.15) is 17.0 Å². The highest BCUT2D eigenvalue weighted by atomic mass is 35.5. The summed E-state index contributed by atoms with van der Waals surface area (Å²) in [5, 5.41) is 8.46. The first-order valence-electron chi connectivity index (χ1n) is 6.11. The summed E-state index contributed by atoms with van der Waals surface area (Å²) in [5.41, 5.74) is 3.28.